The lowest BCUT2D eigenvalue weighted by atomic mass is 9.96. The molecule has 1 saturated heterocycles. The Morgan fingerprint density at radius 2 is 1.89 bits per heavy atom. The second-order valence-corrected chi connectivity index (χ2v) is 8.01. The van der Waals surface area contributed by atoms with Crippen molar-refractivity contribution in [2.75, 3.05) is 26.2 Å². The van der Waals surface area contributed by atoms with Crippen LogP contribution in [0.3, 0.4) is 0 Å². The standard InChI is InChI=1S/C21H33N3O2.ClH/c1-5-16-8-10-17(11-9-16)18-15-22-13-14-24(18)19(25)7-6-12-23-20(26)21(2,3)4;/h8-11,18,22H,5-7,12-15H2,1-4H3,(H,23,26);1H. The van der Waals surface area contributed by atoms with E-state index in [0.717, 1.165) is 26.1 Å². The van der Waals surface area contributed by atoms with E-state index in [4.69, 9.17) is 0 Å². The first-order valence-corrected chi connectivity index (χ1v) is 9.70. The third kappa shape index (κ3) is 6.82. The molecule has 0 bridgehead atoms. The minimum atomic E-state index is -0.391. The fourth-order valence-corrected chi connectivity index (χ4v) is 3.13. The first-order valence-electron chi connectivity index (χ1n) is 9.70. The van der Waals surface area contributed by atoms with Gasteiger partial charge in [-0.2, -0.15) is 0 Å². The molecule has 0 saturated carbocycles. The van der Waals surface area contributed by atoms with Crippen LogP contribution in [0.15, 0.2) is 24.3 Å². The number of hydrogen-bond donors (Lipinski definition) is 2. The van der Waals surface area contributed by atoms with Crippen molar-refractivity contribution in [2.45, 2.75) is 53.0 Å². The zero-order valence-electron chi connectivity index (χ0n) is 17.0. The summed E-state index contributed by atoms with van der Waals surface area (Å²) in [6, 6.07) is 8.66. The van der Waals surface area contributed by atoms with Crippen LogP contribution >= 0.6 is 12.4 Å². The summed E-state index contributed by atoms with van der Waals surface area (Å²) in [7, 11) is 0. The van der Waals surface area contributed by atoms with Gasteiger partial charge in [-0.3, -0.25) is 9.59 Å². The third-order valence-corrected chi connectivity index (χ3v) is 4.87. The molecule has 27 heavy (non-hydrogen) atoms. The normalized spacial score (nSPS) is 17.2. The van der Waals surface area contributed by atoms with E-state index in [1.54, 1.807) is 0 Å². The molecule has 0 aliphatic carbocycles. The highest BCUT2D eigenvalue weighted by atomic mass is 35.5. The van der Waals surface area contributed by atoms with Crippen LogP contribution in [0.1, 0.15) is 57.7 Å². The summed E-state index contributed by atoms with van der Waals surface area (Å²) in [5, 5.41) is 6.31. The number of amides is 2. The maximum absolute atomic E-state index is 12.7. The molecule has 0 aromatic heterocycles. The summed E-state index contributed by atoms with van der Waals surface area (Å²) in [5.41, 5.74) is 2.10. The fraction of sp³-hybridized carbons (Fsp3) is 0.619. The van der Waals surface area contributed by atoms with E-state index in [1.165, 1.54) is 11.1 Å². The molecule has 0 spiro atoms. The number of benzene rings is 1. The van der Waals surface area contributed by atoms with Crippen molar-refractivity contribution in [3.63, 3.8) is 0 Å². The lowest BCUT2D eigenvalue weighted by molar-refractivity contribution is -0.135. The number of piperazine rings is 1. The van der Waals surface area contributed by atoms with E-state index in [-0.39, 0.29) is 30.3 Å². The Morgan fingerprint density at radius 1 is 1.22 bits per heavy atom. The van der Waals surface area contributed by atoms with Crippen molar-refractivity contribution >= 4 is 24.2 Å². The van der Waals surface area contributed by atoms with Crippen LogP contribution in [0.4, 0.5) is 0 Å². The van der Waals surface area contributed by atoms with Crippen molar-refractivity contribution in [2.24, 2.45) is 5.41 Å². The number of aryl methyl sites for hydroxylation is 1. The maximum atomic E-state index is 12.7. The van der Waals surface area contributed by atoms with Gasteiger partial charge in [0.25, 0.3) is 0 Å². The van der Waals surface area contributed by atoms with Gasteiger partial charge in [-0.1, -0.05) is 52.0 Å². The molecule has 1 aliphatic heterocycles. The number of nitrogens with one attached hydrogen (secondary N) is 2. The molecule has 1 aromatic rings. The van der Waals surface area contributed by atoms with Gasteiger partial charge in [0.15, 0.2) is 0 Å². The average molecular weight is 396 g/mol. The van der Waals surface area contributed by atoms with Gasteiger partial charge in [-0.05, 0) is 24.0 Å². The van der Waals surface area contributed by atoms with Crippen LogP contribution in [0.25, 0.3) is 0 Å². The smallest absolute Gasteiger partial charge is 0.225 e. The van der Waals surface area contributed by atoms with Crippen LogP contribution in [-0.4, -0.2) is 42.9 Å². The third-order valence-electron chi connectivity index (χ3n) is 4.87. The van der Waals surface area contributed by atoms with Gasteiger partial charge in [-0.25, -0.2) is 0 Å². The predicted molar refractivity (Wildman–Crippen MR) is 112 cm³/mol. The second kappa shape index (κ2) is 10.7. The second-order valence-electron chi connectivity index (χ2n) is 8.01. The molecule has 2 rings (SSSR count). The van der Waals surface area contributed by atoms with E-state index in [9.17, 15) is 9.59 Å². The Morgan fingerprint density at radius 3 is 2.48 bits per heavy atom. The van der Waals surface area contributed by atoms with Gasteiger partial charge >= 0.3 is 0 Å². The van der Waals surface area contributed by atoms with Crippen LogP contribution in [0.5, 0.6) is 0 Å². The van der Waals surface area contributed by atoms with Gasteiger partial charge in [0.1, 0.15) is 0 Å². The molecule has 1 heterocycles. The number of hydrogen-bond acceptors (Lipinski definition) is 3. The zero-order chi connectivity index (χ0) is 19.2. The van der Waals surface area contributed by atoms with Crippen LogP contribution in [0, 0.1) is 5.41 Å². The first kappa shape index (κ1) is 23.4. The Bertz CT molecular complexity index is 611. The van der Waals surface area contributed by atoms with Crippen LogP contribution in [-0.2, 0) is 16.0 Å². The van der Waals surface area contributed by atoms with Gasteiger partial charge in [0, 0.05) is 38.0 Å². The Kier molecular flexibility index (Phi) is 9.27. The number of halogens is 1. The highest BCUT2D eigenvalue weighted by Gasteiger charge is 2.27. The molecule has 2 amide bonds. The van der Waals surface area contributed by atoms with Crippen LogP contribution in [0.2, 0.25) is 0 Å². The average Bonchev–Trinajstić information content (AvgIpc) is 2.64. The van der Waals surface area contributed by atoms with E-state index < -0.39 is 5.41 Å². The fourth-order valence-electron chi connectivity index (χ4n) is 3.13. The largest absolute Gasteiger partial charge is 0.356 e. The van der Waals surface area contributed by atoms with E-state index in [1.807, 2.05) is 25.7 Å². The Hall–Kier alpha value is -1.59. The molecule has 6 heteroatoms. The topological polar surface area (TPSA) is 61.4 Å². The van der Waals surface area contributed by atoms with E-state index in [0.29, 0.717) is 19.4 Å². The Balaban J connectivity index is 0.00000364. The van der Waals surface area contributed by atoms with Gasteiger partial charge in [0.05, 0.1) is 6.04 Å². The number of rotatable bonds is 6. The molecule has 0 radical (unpaired) electrons. The number of nitrogens with zero attached hydrogens (tertiary/aromatic N) is 1. The van der Waals surface area contributed by atoms with Crippen LogP contribution < -0.4 is 10.6 Å². The summed E-state index contributed by atoms with van der Waals surface area (Å²) in [6.07, 6.45) is 2.16. The molecule has 152 valence electrons. The summed E-state index contributed by atoms with van der Waals surface area (Å²) in [6.45, 7) is 10.7. The lowest BCUT2D eigenvalue weighted by Gasteiger charge is -2.37. The first-order chi connectivity index (χ1) is 12.3. The van der Waals surface area contributed by atoms with E-state index in [2.05, 4.69) is 41.8 Å². The molecule has 1 unspecified atom stereocenters. The summed E-state index contributed by atoms with van der Waals surface area (Å²) in [4.78, 5) is 26.6. The number of carbonyl (C=O) groups excluding carboxylic acids is 2. The zero-order valence-corrected chi connectivity index (χ0v) is 17.8. The quantitative estimate of drug-likeness (QED) is 0.727. The molecule has 1 aromatic carbocycles. The van der Waals surface area contributed by atoms with Crippen molar-refractivity contribution in [1.29, 1.82) is 0 Å². The summed E-state index contributed by atoms with van der Waals surface area (Å²) >= 11 is 0. The number of carbonyl (C=O) groups is 2. The van der Waals surface area contributed by atoms with Gasteiger partial charge in [-0.15, -0.1) is 12.4 Å². The molecular formula is C21H34ClN3O2. The highest BCUT2D eigenvalue weighted by molar-refractivity contribution is 5.85. The maximum Gasteiger partial charge on any atom is 0.225 e. The molecule has 1 fully saturated rings. The molecule has 5 nitrogen and oxygen atoms in total. The molecule has 1 aliphatic rings. The minimum Gasteiger partial charge on any atom is -0.356 e. The van der Waals surface area contributed by atoms with Crippen molar-refractivity contribution in [1.82, 2.24) is 15.5 Å². The van der Waals surface area contributed by atoms with Crippen molar-refractivity contribution < 1.29 is 9.59 Å². The highest BCUT2D eigenvalue weighted by Crippen LogP contribution is 2.24. The summed E-state index contributed by atoms with van der Waals surface area (Å²) < 4.78 is 0. The molecular weight excluding hydrogens is 362 g/mol. The lowest BCUT2D eigenvalue weighted by Crippen LogP contribution is -2.48. The molecule has 1 atom stereocenters. The Labute approximate surface area is 169 Å². The minimum absolute atomic E-state index is 0. The SMILES string of the molecule is CCc1ccc(C2CNCCN2C(=O)CCCNC(=O)C(C)(C)C)cc1.Cl. The summed E-state index contributed by atoms with van der Waals surface area (Å²) in [5.74, 6) is 0.196. The van der Waals surface area contributed by atoms with Gasteiger partial charge in [0.2, 0.25) is 11.8 Å². The van der Waals surface area contributed by atoms with Crippen molar-refractivity contribution in [3.05, 3.63) is 35.4 Å². The van der Waals surface area contributed by atoms with Crippen molar-refractivity contribution in [3.8, 4) is 0 Å². The van der Waals surface area contributed by atoms with E-state index >= 15 is 0 Å². The van der Waals surface area contributed by atoms with Gasteiger partial charge < -0.3 is 15.5 Å². The molecule has 2 N–H and O–H groups in total. The monoisotopic (exact) mass is 395 g/mol. The predicted octanol–water partition coefficient (Wildman–Crippen LogP) is 3.09.